The first-order valence-corrected chi connectivity index (χ1v) is 11.1. The Morgan fingerprint density at radius 3 is 2.38 bits per heavy atom. The summed E-state index contributed by atoms with van der Waals surface area (Å²) >= 11 is 6.18. The summed E-state index contributed by atoms with van der Waals surface area (Å²) in [6, 6.07) is 7.71. The smallest absolute Gasteiger partial charge is 0.493 e. The fraction of sp³-hybridized carbons (Fsp3) is 0.300. The first-order chi connectivity index (χ1) is 14.8. The van der Waals surface area contributed by atoms with E-state index in [-0.39, 0.29) is 38.5 Å². The molecule has 1 heterocycles. The number of nitrogens with zero attached hydrogens (tertiary/aromatic N) is 1. The largest absolute Gasteiger partial charge is 0.516 e. The number of benzene rings is 2. The van der Waals surface area contributed by atoms with E-state index in [0.717, 1.165) is 10.3 Å². The van der Waals surface area contributed by atoms with Crippen LogP contribution in [-0.2, 0) is 21.4 Å². The van der Waals surface area contributed by atoms with Crippen LogP contribution in [0, 0.1) is 0 Å². The molecule has 32 heavy (non-hydrogen) atoms. The molecule has 0 atom stereocenters. The molecule has 1 N–H and O–H groups in total. The normalized spacial score (nSPS) is 12.5. The third-order valence-corrected chi connectivity index (χ3v) is 6.28. The first-order valence-electron chi connectivity index (χ1n) is 9.23. The van der Waals surface area contributed by atoms with Crippen LogP contribution < -0.4 is 14.9 Å². The zero-order chi connectivity index (χ0) is 24.0. The average molecular weight is 491 g/mol. The maximum Gasteiger partial charge on any atom is 0.516 e. The number of ether oxygens (including phenoxy) is 1. The highest BCUT2D eigenvalue weighted by Crippen LogP contribution is 2.34. The van der Waals surface area contributed by atoms with Crippen molar-refractivity contribution < 1.29 is 31.1 Å². The monoisotopic (exact) mass is 490 g/mol. The van der Waals surface area contributed by atoms with Crippen molar-refractivity contribution in [2.75, 3.05) is 7.11 Å². The molecule has 0 bridgehead atoms. The second-order valence-corrected chi connectivity index (χ2v) is 9.38. The van der Waals surface area contributed by atoms with Crippen LogP contribution in [0.5, 0.6) is 5.75 Å². The predicted octanol–water partition coefficient (Wildman–Crippen LogP) is 3.91. The Bertz CT molecular complexity index is 1400. The molecular formula is C20H18ClF3N2O5S. The highest BCUT2D eigenvalue weighted by atomic mass is 35.5. The van der Waals surface area contributed by atoms with E-state index < -0.39 is 33.4 Å². The topological polar surface area (TPSA) is 94.5 Å². The van der Waals surface area contributed by atoms with E-state index >= 15 is 0 Å². The van der Waals surface area contributed by atoms with Crippen LogP contribution in [0.25, 0.3) is 21.8 Å². The lowest BCUT2D eigenvalue weighted by molar-refractivity contribution is -0.120. The minimum atomic E-state index is -5.91. The minimum absolute atomic E-state index is 0.0181. The van der Waals surface area contributed by atoms with Gasteiger partial charge in [-0.25, -0.2) is 4.72 Å². The molecule has 0 saturated carbocycles. The fourth-order valence-electron chi connectivity index (χ4n) is 3.33. The van der Waals surface area contributed by atoms with Gasteiger partial charge >= 0.3 is 15.5 Å². The van der Waals surface area contributed by atoms with Crippen LogP contribution in [0.15, 0.2) is 35.1 Å². The number of nitrogens with one attached hydrogen (secondary N) is 1. The molecule has 0 radical (unpaired) electrons. The summed E-state index contributed by atoms with van der Waals surface area (Å²) in [4.78, 5) is 25.5. The Balaban J connectivity index is 2.35. The lowest BCUT2D eigenvalue weighted by Crippen LogP contribution is -2.41. The summed E-state index contributed by atoms with van der Waals surface area (Å²) < 4.78 is 68.5. The van der Waals surface area contributed by atoms with Crippen molar-refractivity contribution >= 4 is 49.3 Å². The van der Waals surface area contributed by atoms with Gasteiger partial charge in [-0.05, 0) is 35.7 Å². The maximum atomic E-state index is 13.1. The van der Waals surface area contributed by atoms with E-state index in [4.69, 9.17) is 16.3 Å². The molecule has 0 unspecified atom stereocenters. The van der Waals surface area contributed by atoms with Gasteiger partial charge in [-0.15, -0.1) is 0 Å². The molecule has 0 fully saturated rings. The maximum absolute atomic E-state index is 13.1. The lowest BCUT2D eigenvalue weighted by atomic mass is 10.00. The Kier molecular flexibility index (Phi) is 6.18. The number of hydrogen-bond donors (Lipinski definition) is 1. The number of methoxy groups -OCH3 is 1. The van der Waals surface area contributed by atoms with Gasteiger partial charge in [0.15, 0.2) is 11.2 Å². The summed E-state index contributed by atoms with van der Waals surface area (Å²) in [5.74, 6) is -1.41. The third-order valence-electron chi connectivity index (χ3n) is 4.88. The molecule has 3 rings (SSSR count). The Hall–Kier alpha value is -2.79. The molecule has 3 aromatic rings. The van der Waals surface area contributed by atoms with E-state index in [9.17, 15) is 31.2 Å². The molecule has 0 spiro atoms. The van der Waals surface area contributed by atoms with Crippen molar-refractivity contribution in [3.63, 3.8) is 0 Å². The summed E-state index contributed by atoms with van der Waals surface area (Å²) in [6.45, 7) is 2.94. The Labute approximate surface area is 185 Å². The number of alkyl halides is 3. The number of halogens is 4. The molecule has 0 aliphatic rings. The van der Waals surface area contributed by atoms with Gasteiger partial charge in [0, 0.05) is 5.39 Å². The van der Waals surface area contributed by atoms with Crippen LogP contribution in [0.3, 0.4) is 0 Å². The SMILES string of the molecule is COc1c(Cl)ccc2c(=O)c3ccc(C(C)C)cc3n(CC(=O)NS(=O)(=O)C(F)(F)F)c12. The van der Waals surface area contributed by atoms with E-state index in [1.54, 1.807) is 18.2 Å². The first kappa shape index (κ1) is 23.9. The summed E-state index contributed by atoms with van der Waals surface area (Å²) in [7, 11) is -4.63. The van der Waals surface area contributed by atoms with Gasteiger partial charge in [0.1, 0.15) is 6.54 Å². The van der Waals surface area contributed by atoms with Gasteiger partial charge in [-0.1, -0.05) is 31.5 Å². The van der Waals surface area contributed by atoms with Gasteiger partial charge in [-0.3, -0.25) is 9.59 Å². The van der Waals surface area contributed by atoms with Crippen LogP contribution in [0.4, 0.5) is 13.2 Å². The molecule has 12 heteroatoms. The van der Waals surface area contributed by atoms with Crippen LogP contribution in [-0.4, -0.2) is 31.5 Å². The van der Waals surface area contributed by atoms with Gasteiger partial charge in [-0.2, -0.15) is 21.6 Å². The third kappa shape index (κ3) is 4.14. The number of carbonyl (C=O) groups excluding carboxylic acids is 1. The van der Waals surface area contributed by atoms with Crippen LogP contribution >= 0.6 is 11.6 Å². The Morgan fingerprint density at radius 1 is 1.19 bits per heavy atom. The zero-order valence-corrected chi connectivity index (χ0v) is 18.7. The van der Waals surface area contributed by atoms with Gasteiger partial charge in [0.2, 0.25) is 0 Å². The lowest BCUT2D eigenvalue weighted by Gasteiger charge is -2.19. The molecule has 0 aliphatic heterocycles. The molecule has 0 saturated heterocycles. The second-order valence-electron chi connectivity index (χ2n) is 7.30. The summed E-state index contributed by atoms with van der Waals surface area (Å²) in [5, 5.41) is 0.385. The molecular weight excluding hydrogens is 473 g/mol. The van der Waals surface area contributed by atoms with Gasteiger partial charge < -0.3 is 9.30 Å². The molecule has 7 nitrogen and oxygen atoms in total. The number of amides is 1. The van der Waals surface area contributed by atoms with Gasteiger partial charge in [0.05, 0.1) is 28.6 Å². The number of carbonyl (C=O) groups is 1. The number of hydrogen-bond acceptors (Lipinski definition) is 5. The quantitative estimate of drug-likeness (QED) is 0.547. The van der Waals surface area contributed by atoms with Crippen molar-refractivity contribution in [2.45, 2.75) is 31.8 Å². The van der Waals surface area contributed by atoms with Crippen molar-refractivity contribution in [3.05, 3.63) is 51.1 Å². The van der Waals surface area contributed by atoms with E-state index in [2.05, 4.69) is 0 Å². The molecule has 2 aromatic carbocycles. The fourth-order valence-corrected chi connectivity index (χ4v) is 4.04. The standard InChI is InChI=1S/C20H18ClF3N2O5S/c1-10(2)11-4-5-12-15(8-11)26(9-16(27)25-32(29,30)20(22,23)24)17-13(18(12)28)6-7-14(21)19(17)31-3/h4-8,10H,9H2,1-3H3,(H,25,27). The van der Waals surface area contributed by atoms with Gasteiger partial charge in [0.25, 0.3) is 5.91 Å². The number of pyridine rings is 1. The highest BCUT2D eigenvalue weighted by Gasteiger charge is 2.47. The van der Waals surface area contributed by atoms with Crippen LogP contribution in [0.2, 0.25) is 5.02 Å². The molecule has 0 aliphatic carbocycles. The van der Waals surface area contributed by atoms with E-state index in [0.29, 0.717) is 0 Å². The van der Waals surface area contributed by atoms with Crippen molar-refractivity contribution in [1.82, 2.24) is 9.29 Å². The molecule has 1 aromatic heterocycles. The van der Waals surface area contributed by atoms with E-state index in [1.165, 1.54) is 23.8 Å². The molecule has 172 valence electrons. The minimum Gasteiger partial charge on any atom is -0.493 e. The average Bonchev–Trinajstić information content (AvgIpc) is 2.69. The van der Waals surface area contributed by atoms with E-state index in [1.807, 2.05) is 13.8 Å². The van der Waals surface area contributed by atoms with Crippen LogP contribution in [0.1, 0.15) is 25.3 Å². The number of aromatic nitrogens is 1. The van der Waals surface area contributed by atoms with Crippen molar-refractivity contribution in [1.29, 1.82) is 0 Å². The Morgan fingerprint density at radius 2 is 1.81 bits per heavy atom. The second kappa shape index (κ2) is 8.28. The summed E-state index contributed by atoms with van der Waals surface area (Å²) in [5.41, 5.74) is -5.01. The predicted molar refractivity (Wildman–Crippen MR) is 114 cm³/mol. The highest BCUT2D eigenvalue weighted by molar-refractivity contribution is 7.90. The van der Waals surface area contributed by atoms with Crippen molar-refractivity contribution in [2.24, 2.45) is 0 Å². The number of fused-ring (bicyclic) bond motifs is 2. The zero-order valence-electron chi connectivity index (χ0n) is 17.1. The number of sulfonamides is 1. The summed E-state index contributed by atoms with van der Waals surface area (Å²) in [6.07, 6.45) is 0. The number of rotatable bonds is 5. The molecule has 1 amide bonds. The van der Waals surface area contributed by atoms with Crippen molar-refractivity contribution in [3.8, 4) is 5.75 Å².